The van der Waals surface area contributed by atoms with Crippen LogP contribution in [0.1, 0.15) is 12.5 Å². The molecule has 66 valence electrons. The highest BCUT2D eigenvalue weighted by molar-refractivity contribution is 9.10. The van der Waals surface area contributed by atoms with Crippen molar-refractivity contribution in [3.8, 4) is 0 Å². The largest absolute Gasteiger partial charge is 0.249 e. The van der Waals surface area contributed by atoms with Crippen molar-refractivity contribution in [2.75, 3.05) is 0 Å². The highest BCUT2D eigenvalue weighted by Gasteiger charge is 2.01. The number of rotatable bonds is 1. The van der Waals surface area contributed by atoms with Crippen LogP contribution in [0.15, 0.2) is 35.1 Å². The van der Waals surface area contributed by atoms with Gasteiger partial charge in [-0.1, -0.05) is 25.1 Å². The van der Waals surface area contributed by atoms with Crippen LogP contribution in [-0.2, 0) is 6.42 Å². The average Bonchev–Trinajstić information content (AvgIpc) is 2.18. The molecule has 0 aliphatic rings. The molecular weight excluding hydrogens is 226 g/mol. The second-order valence-electron chi connectivity index (χ2n) is 2.97. The SMILES string of the molecule is CCc1cccc2c(Br)nccc12. The van der Waals surface area contributed by atoms with Crippen molar-refractivity contribution >= 4 is 26.7 Å². The summed E-state index contributed by atoms with van der Waals surface area (Å²) >= 11 is 3.45. The number of hydrogen-bond acceptors (Lipinski definition) is 1. The molecule has 1 heterocycles. The molecule has 0 spiro atoms. The van der Waals surface area contributed by atoms with Gasteiger partial charge in [0.05, 0.1) is 0 Å². The van der Waals surface area contributed by atoms with E-state index in [2.05, 4.69) is 52.1 Å². The topological polar surface area (TPSA) is 12.9 Å². The normalized spacial score (nSPS) is 10.6. The van der Waals surface area contributed by atoms with Crippen LogP contribution >= 0.6 is 15.9 Å². The maximum Gasteiger partial charge on any atom is 0.113 e. The number of nitrogens with zero attached hydrogens (tertiary/aromatic N) is 1. The molecule has 13 heavy (non-hydrogen) atoms. The van der Waals surface area contributed by atoms with Gasteiger partial charge in [-0.05, 0) is 39.4 Å². The van der Waals surface area contributed by atoms with Gasteiger partial charge in [-0.25, -0.2) is 4.98 Å². The fourth-order valence-electron chi connectivity index (χ4n) is 1.54. The van der Waals surface area contributed by atoms with Crippen LogP contribution in [0, 0.1) is 0 Å². The van der Waals surface area contributed by atoms with Crippen LogP contribution < -0.4 is 0 Å². The van der Waals surface area contributed by atoms with Gasteiger partial charge in [0.15, 0.2) is 0 Å². The Kier molecular flexibility index (Phi) is 2.32. The molecule has 2 aromatic rings. The molecule has 2 rings (SSSR count). The minimum atomic E-state index is 0.931. The fraction of sp³-hybridized carbons (Fsp3) is 0.182. The van der Waals surface area contributed by atoms with Gasteiger partial charge in [0, 0.05) is 11.6 Å². The van der Waals surface area contributed by atoms with E-state index in [9.17, 15) is 0 Å². The standard InChI is InChI=1S/C11H10BrN/c1-2-8-4-3-5-10-9(8)6-7-13-11(10)12/h3-7H,2H2,1H3. The summed E-state index contributed by atoms with van der Waals surface area (Å²) in [5.74, 6) is 0. The van der Waals surface area contributed by atoms with Crippen molar-refractivity contribution < 1.29 is 0 Å². The molecule has 1 aromatic heterocycles. The van der Waals surface area contributed by atoms with E-state index in [0.29, 0.717) is 0 Å². The zero-order valence-corrected chi connectivity index (χ0v) is 9.01. The van der Waals surface area contributed by atoms with E-state index in [1.165, 1.54) is 16.3 Å². The Hall–Kier alpha value is -0.890. The van der Waals surface area contributed by atoms with Crippen LogP contribution in [-0.4, -0.2) is 4.98 Å². The molecule has 1 nitrogen and oxygen atoms in total. The third-order valence-corrected chi connectivity index (χ3v) is 2.86. The summed E-state index contributed by atoms with van der Waals surface area (Å²) in [7, 11) is 0. The lowest BCUT2D eigenvalue weighted by Gasteiger charge is -2.04. The molecule has 2 heteroatoms. The van der Waals surface area contributed by atoms with Crippen molar-refractivity contribution in [1.29, 1.82) is 0 Å². The number of aryl methyl sites for hydroxylation is 1. The van der Waals surface area contributed by atoms with Crippen molar-refractivity contribution in [2.24, 2.45) is 0 Å². The zero-order valence-electron chi connectivity index (χ0n) is 7.42. The summed E-state index contributed by atoms with van der Waals surface area (Å²) in [6.07, 6.45) is 2.90. The van der Waals surface area contributed by atoms with Gasteiger partial charge in [0.25, 0.3) is 0 Å². The minimum Gasteiger partial charge on any atom is -0.249 e. The van der Waals surface area contributed by atoms with Gasteiger partial charge >= 0.3 is 0 Å². The van der Waals surface area contributed by atoms with E-state index in [0.717, 1.165) is 11.0 Å². The molecule has 0 saturated heterocycles. The quantitative estimate of drug-likeness (QED) is 0.690. The number of aromatic nitrogens is 1. The number of fused-ring (bicyclic) bond motifs is 1. The fourth-order valence-corrected chi connectivity index (χ4v) is 2.01. The Morgan fingerprint density at radius 1 is 1.23 bits per heavy atom. The molecular formula is C11H10BrN. The van der Waals surface area contributed by atoms with Gasteiger partial charge in [0.1, 0.15) is 4.60 Å². The minimum absolute atomic E-state index is 0.931. The predicted octanol–water partition coefficient (Wildman–Crippen LogP) is 3.56. The molecule has 0 radical (unpaired) electrons. The highest BCUT2D eigenvalue weighted by Crippen LogP contribution is 2.24. The summed E-state index contributed by atoms with van der Waals surface area (Å²) in [6, 6.07) is 8.40. The van der Waals surface area contributed by atoms with Crippen LogP contribution in [0.5, 0.6) is 0 Å². The van der Waals surface area contributed by atoms with Gasteiger partial charge in [-0.15, -0.1) is 0 Å². The van der Waals surface area contributed by atoms with Gasteiger partial charge in [0.2, 0.25) is 0 Å². The lowest BCUT2D eigenvalue weighted by Crippen LogP contribution is -1.85. The van der Waals surface area contributed by atoms with Gasteiger partial charge in [-0.3, -0.25) is 0 Å². The third kappa shape index (κ3) is 1.46. The summed E-state index contributed by atoms with van der Waals surface area (Å²) < 4.78 is 0.931. The maximum absolute atomic E-state index is 4.20. The Morgan fingerprint density at radius 2 is 2.08 bits per heavy atom. The molecule has 0 aliphatic carbocycles. The molecule has 0 atom stereocenters. The summed E-state index contributed by atoms with van der Waals surface area (Å²) in [4.78, 5) is 4.20. The van der Waals surface area contributed by atoms with Gasteiger partial charge in [-0.2, -0.15) is 0 Å². The molecule has 0 N–H and O–H groups in total. The smallest absolute Gasteiger partial charge is 0.113 e. The molecule has 0 amide bonds. The highest BCUT2D eigenvalue weighted by atomic mass is 79.9. The molecule has 0 unspecified atom stereocenters. The number of benzene rings is 1. The van der Waals surface area contributed by atoms with Crippen LogP contribution in [0.3, 0.4) is 0 Å². The second kappa shape index (κ2) is 3.46. The maximum atomic E-state index is 4.20. The van der Waals surface area contributed by atoms with Gasteiger partial charge < -0.3 is 0 Å². The molecule has 0 saturated carbocycles. The first-order valence-electron chi connectivity index (χ1n) is 4.35. The molecule has 0 bridgehead atoms. The second-order valence-corrected chi connectivity index (χ2v) is 3.72. The van der Waals surface area contributed by atoms with Crippen LogP contribution in [0.4, 0.5) is 0 Å². The first kappa shape index (κ1) is 8.70. The Morgan fingerprint density at radius 3 is 2.85 bits per heavy atom. The van der Waals surface area contributed by atoms with Crippen molar-refractivity contribution in [3.63, 3.8) is 0 Å². The number of pyridine rings is 1. The Balaban J connectivity index is 2.84. The Bertz CT molecular complexity index is 437. The number of halogens is 1. The Labute approximate surface area is 85.9 Å². The van der Waals surface area contributed by atoms with Crippen LogP contribution in [0.2, 0.25) is 0 Å². The van der Waals surface area contributed by atoms with E-state index in [1.807, 2.05) is 6.20 Å². The predicted molar refractivity (Wildman–Crippen MR) is 58.8 cm³/mol. The first-order chi connectivity index (χ1) is 6.33. The van der Waals surface area contributed by atoms with E-state index in [1.54, 1.807) is 0 Å². The molecule has 0 fully saturated rings. The zero-order chi connectivity index (χ0) is 9.26. The third-order valence-electron chi connectivity index (χ3n) is 2.23. The monoisotopic (exact) mass is 235 g/mol. The lowest BCUT2D eigenvalue weighted by atomic mass is 10.1. The van der Waals surface area contributed by atoms with E-state index < -0.39 is 0 Å². The van der Waals surface area contributed by atoms with Crippen molar-refractivity contribution in [3.05, 3.63) is 40.6 Å². The summed E-state index contributed by atoms with van der Waals surface area (Å²) in [5, 5.41) is 2.49. The average molecular weight is 236 g/mol. The molecule has 1 aromatic carbocycles. The van der Waals surface area contributed by atoms with E-state index >= 15 is 0 Å². The molecule has 0 aliphatic heterocycles. The summed E-state index contributed by atoms with van der Waals surface area (Å²) in [6.45, 7) is 2.17. The first-order valence-corrected chi connectivity index (χ1v) is 5.14. The number of hydrogen-bond donors (Lipinski definition) is 0. The van der Waals surface area contributed by atoms with E-state index in [-0.39, 0.29) is 0 Å². The van der Waals surface area contributed by atoms with Crippen molar-refractivity contribution in [1.82, 2.24) is 4.98 Å². The summed E-state index contributed by atoms with van der Waals surface area (Å²) in [5.41, 5.74) is 1.38. The lowest BCUT2D eigenvalue weighted by molar-refractivity contribution is 1.16. The van der Waals surface area contributed by atoms with E-state index in [4.69, 9.17) is 0 Å². The van der Waals surface area contributed by atoms with Crippen molar-refractivity contribution in [2.45, 2.75) is 13.3 Å². The van der Waals surface area contributed by atoms with Crippen LogP contribution in [0.25, 0.3) is 10.8 Å².